The van der Waals surface area contributed by atoms with E-state index >= 15 is 0 Å². The van der Waals surface area contributed by atoms with E-state index in [-0.39, 0.29) is 5.69 Å². The van der Waals surface area contributed by atoms with Gasteiger partial charge in [-0.3, -0.25) is 10.1 Å². The fourth-order valence-corrected chi connectivity index (χ4v) is 2.18. The smallest absolute Gasteiger partial charge is 0.275 e. The largest absolute Gasteiger partial charge is 0.381 e. The Hall–Kier alpha value is -2.07. The predicted octanol–water partition coefficient (Wildman–Crippen LogP) is 4.42. The molecule has 4 nitrogen and oxygen atoms in total. The molecule has 0 fully saturated rings. The molecule has 0 saturated heterocycles. The summed E-state index contributed by atoms with van der Waals surface area (Å²) < 4.78 is 0. The quantitative estimate of drug-likeness (QED) is 0.655. The van der Waals surface area contributed by atoms with Gasteiger partial charge in [0.2, 0.25) is 0 Å². The minimum Gasteiger partial charge on any atom is -0.381 e. The van der Waals surface area contributed by atoms with E-state index in [0.29, 0.717) is 17.1 Å². The first kappa shape index (κ1) is 14.3. The van der Waals surface area contributed by atoms with E-state index in [1.54, 1.807) is 12.1 Å². The predicted molar refractivity (Wildman–Crippen MR) is 81.3 cm³/mol. The highest BCUT2D eigenvalue weighted by Gasteiger charge is 2.15. The Morgan fingerprint density at radius 1 is 1.20 bits per heavy atom. The van der Waals surface area contributed by atoms with Crippen LogP contribution in [0.15, 0.2) is 42.5 Å². The van der Waals surface area contributed by atoms with Crippen LogP contribution in [-0.4, -0.2) is 4.92 Å². The van der Waals surface area contributed by atoms with Crippen LogP contribution in [0.4, 0.5) is 11.4 Å². The zero-order valence-corrected chi connectivity index (χ0v) is 11.9. The number of nitrogens with zero attached hydrogens (tertiary/aromatic N) is 1. The summed E-state index contributed by atoms with van der Waals surface area (Å²) in [6, 6.07) is 12.7. The lowest BCUT2D eigenvalue weighted by atomic mass is 10.1. The standard InChI is InChI=1S/C15H15ClN2O2/c1-2-11-6-8-12(9-7-11)17-10-13-14(16)4-3-5-15(13)18(19)20/h3-9,17H,2,10H2,1H3. The Morgan fingerprint density at radius 3 is 2.50 bits per heavy atom. The summed E-state index contributed by atoms with van der Waals surface area (Å²) >= 11 is 6.04. The summed E-state index contributed by atoms with van der Waals surface area (Å²) in [5.41, 5.74) is 2.70. The van der Waals surface area contributed by atoms with Crippen molar-refractivity contribution in [3.05, 3.63) is 68.7 Å². The summed E-state index contributed by atoms with van der Waals surface area (Å²) in [5, 5.41) is 14.5. The zero-order valence-electron chi connectivity index (χ0n) is 11.1. The first-order chi connectivity index (χ1) is 9.61. The molecule has 2 aromatic carbocycles. The van der Waals surface area contributed by atoms with Crippen molar-refractivity contribution in [2.24, 2.45) is 0 Å². The van der Waals surface area contributed by atoms with Gasteiger partial charge in [0.05, 0.1) is 15.5 Å². The maximum absolute atomic E-state index is 11.0. The number of rotatable bonds is 5. The first-order valence-electron chi connectivity index (χ1n) is 6.36. The van der Waals surface area contributed by atoms with Crippen LogP contribution in [0.2, 0.25) is 5.02 Å². The van der Waals surface area contributed by atoms with E-state index in [1.165, 1.54) is 11.6 Å². The van der Waals surface area contributed by atoms with Crippen LogP contribution < -0.4 is 5.32 Å². The molecular formula is C15H15ClN2O2. The molecule has 0 spiro atoms. The van der Waals surface area contributed by atoms with Crippen LogP contribution in [0, 0.1) is 10.1 Å². The fraction of sp³-hybridized carbons (Fsp3) is 0.200. The molecule has 2 aromatic rings. The molecule has 5 heteroatoms. The lowest BCUT2D eigenvalue weighted by molar-refractivity contribution is -0.385. The van der Waals surface area contributed by atoms with Crippen LogP contribution in [0.3, 0.4) is 0 Å². The number of nitro groups is 1. The summed E-state index contributed by atoms with van der Waals surface area (Å²) in [6.07, 6.45) is 0.982. The number of aryl methyl sites for hydroxylation is 1. The van der Waals surface area contributed by atoms with Crippen molar-refractivity contribution in [2.75, 3.05) is 5.32 Å². The molecule has 0 aliphatic heterocycles. The lowest BCUT2D eigenvalue weighted by Gasteiger charge is -2.09. The third-order valence-electron chi connectivity index (χ3n) is 3.12. The van der Waals surface area contributed by atoms with Crippen LogP contribution in [0.1, 0.15) is 18.1 Å². The van der Waals surface area contributed by atoms with Crippen molar-refractivity contribution in [3.8, 4) is 0 Å². The van der Waals surface area contributed by atoms with Crippen LogP contribution in [0.5, 0.6) is 0 Å². The fourth-order valence-electron chi connectivity index (χ4n) is 1.94. The van der Waals surface area contributed by atoms with Crippen molar-refractivity contribution >= 4 is 23.0 Å². The van der Waals surface area contributed by atoms with E-state index < -0.39 is 4.92 Å². The SMILES string of the molecule is CCc1ccc(NCc2c(Cl)cccc2[N+](=O)[O-])cc1. The Kier molecular flexibility index (Phi) is 4.58. The van der Waals surface area contributed by atoms with E-state index in [4.69, 9.17) is 11.6 Å². The van der Waals surface area contributed by atoms with Gasteiger partial charge in [0.25, 0.3) is 5.69 Å². The van der Waals surface area contributed by atoms with Gasteiger partial charge in [-0.25, -0.2) is 0 Å². The molecular weight excluding hydrogens is 276 g/mol. The monoisotopic (exact) mass is 290 g/mol. The minimum atomic E-state index is -0.414. The Morgan fingerprint density at radius 2 is 1.90 bits per heavy atom. The second-order valence-electron chi connectivity index (χ2n) is 4.40. The first-order valence-corrected chi connectivity index (χ1v) is 6.74. The van der Waals surface area contributed by atoms with Gasteiger partial charge >= 0.3 is 0 Å². The number of benzene rings is 2. The second kappa shape index (κ2) is 6.39. The highest BCUT2D eigenvalue weighted by atomic mass is 35.5. The lowest BCUT2D eigenvalue weighted by Crippen LogP contribution is -2.04. The Bertz CT molecular complexity index is 612. The van der Waals surface area contributed by atoms with Gasteiger partial charge in [0.1, 0.15) is 0 Å². The summed E-state index contributed by atoms with van der Waals surface area (Å²) in [6.45, 7) is 2.41. The number of hydrogen-bond donors (Lipinski definition) is 1. The van der Waals surface area contributed by atoms with Gasteiger partial charge in [0.15, 0.2) is 0 Å². The second-order valence-corrected chi connectivity index (χ2v) is 4.81. The number of nitrogens with one attached hydrogen (secondary N) is 1. The average molecular weight is 291 g/mol. The van der Waals surface area contributed by atoms with Crippen molar-refractivity contribution < 1.29 is 4.92 Å². The minimum absolute atomic E-state index is 0.0372. The highest BCUT2D eigenvalue weighted by Crippen LogP contribution is 2.27. The molecule has 0 bridgehead atoms. The topological polar surface area (TPSA) is 55.2 Å². The van der Waals surface area contributed by atoms with Gasteiger partial charge in [-0.1, -0.05) is 36.7 Å². The third kappa shape index (κ3) is 3.27. The average Bonchev–Trinajstić information content (AvgIpc) is 2.46. The molecule has 2 rings (SSSR count). The van der Waals surface area contributed by atoms with Gasteiger partial charge in [0, 0.05) is 18.3 Å². The van der Waals surface area contributed by atoms with Crippen molar-refractivity contribution in [3.63, 3.8) is 0 Å². The third-order valence-corrected chi connectivity index (χ3v) is 3.48. The molecule has 1 N–H and O–H groups in total. The summed E-state index contributed by atoms with van der Waals surface area (Å²) in [7, 11) is 0. The van der Waals surface area contributed by atoms with Crippen LogP contribution in [0.25, 0.3) is 0 Å². The Labute approximate surface area is 122 Å². The maximum Gasteiger partial charge on any atom is 0.275 e. The normalized spacial score (nSPS) is 10.3. The summed E-state index contributed by atoms with van der Waals surface area (Å²) in [4.78, 5) is 10.6. The molecule has 0 unspecified atom stereocenters. The van der Waals surface area contributed by atoms with E-state index in [2.05, 4.69) is 12.2 Å². The molecule has 0 heterocycles. The van der Waals surface area contributed by atoms with E-state index in [1.807, 2.05) is 24.3 Å². The van der Waals surface area contributed by atoms with Crippen molar-refractivity contribution in [2.45, 2.75) is 19.9 Å². The van der Waals surface area contributed by atoms with E-state index in [9.17, 15) is 10.1 Å². The summed E-state index contributed by atoms with van der Waals surface area (Å²) in [5.74, 6) is 0. The molecule has 0 aliphatic rings. The maximum atomic E-state index is 11.0. The van der Waals surface area contributed by atoms with Gasteiger partial charge < -0.3 is 5.32 Å². The number of nitro benzene ring substituents is 1. The van der Waals surface area contributed by atoms with Crippen LogP contribution >= 0.6 is 11.6 Å². The molecule has 104 valence electrons. The van der Waals surface area contributed by atoms with Gasteiger partial charge in [-0.2, -0.15) is 0 Å². The molecule has 20 heavy (non-hydrogen) atoms. The molecule has 0 aromatic heterocycles. The molecule has 0 amide bonds. The van der Waals surface area contributed by atoms with E-state index in [0.717, 1.165) is 12.1 Å². The van der Waals surface area contributed by atoms with Gasteiger partial charge in [-0.15, -0.1) is 0 Å². The van der Waals surface area contributed by atoms with Crippen molar-refractivity contribution in [1.82, 2.24) is 0 Å². The number of anilines is 1. The number of halogens is 1. The molecule has 0 aliphatic carbocycles. The number of hydrogen-bond acceptors (Lipinski definition) is 3. The zero-order chi connectivity index (χ0) is 14.5. The van der Waals surface area contributed by atoms with Crippen LogP contribution in [-0.2, 0) is 13.0 Å². The molecule has 0 radical (unpaired) electrons. The van der Waals surface area contributed by atoms with Crippen molar-refractivity contribution in [1.29, 1.82) is 0 Å². The van der Waals surface area contributed by atoms with Gasteiger partial charge in [-0.05, 0) is 30.2 Å². The Balaban J connectivity index is 2.16. The molecule has 0 saturated carbocycles. The highest BCUT2D eigenvalue weighted by molar-refractivity contribution is 6.31. The molecule has 0 atom stereocenters.